The van der Waals surface area contributed by atoms with Crippen molar-refractivity contribution in [1.29, 1.82) is 0 Å². The van der Waals surface area contributed by atoms with Gasteiger partial charge in [-0.1, -0.05) is 38.6 Å². The molecule has 0 saturated carbocycles. The topological polar surface area (TPSA) is 64.0 Å². The van der Waals surface area contributed by atoms with Crippen LogP contribution in [-0.4, -0.2) is 21.2 Å². The molecule has 0 saturated heterocycles. The first kappa shape index (κ1) is 22.9. The van der Waals surface area contributed by atoms with Gasteiger partial charge in [-0.3, -0.25) is 14.2 Å². The van der Waals surface area contributed by atoms with E-state index in [9.17, 15) is 18.4 Å². The Morgan fingerprint density at radius 2 is 2.06 bits per heavy atom. The van der Waals surface area contributed by atoms with Gasteiger partial charge in [0.2, 0.25) is 5.91 Å². The number of para-hydroxylation sites is 1. The number of nitrogens with zero attached hydrogens (tertiary/aromatic N) is 2. The minimum Gasteiger partial charge on any atom is -0.320 e. The van der Waals surface area contributed by atoms with Crippen LogP contribution in [0.4, 0.5) is 14.5 Å². The van der Waals surface area contributed by atoms with E-state index >= 15 is 0 Å². The number of hydrogen-bond donors (Lipinski definition) is 1. The molecule has 1 unspecified atom stereocenters. The van der Waals surface area contributed by atoms with Gasteiger partial charge in [0.25, 0.3) is 5.56 Å². The zero-order valence-corrected chi connectivity index (χ0v) is 19.8. The van der Waals surface area contributed by atoms with E-state index in [1.165, 1.54) is 10.9 Å². The highest BCUT2D eigenvalue weighted by molar-refractivity contribution is 7.99. The van der Waals surface area contributed by atoms with E-state index in [1.54, 1.807) is 15.9 Å². The van der Waals surface area contributed by atoms with Crippen LogP contribution in [0, 0.1) is 23.5 Å². The number of hydrogen-bond acceptors (Lipinski definition) is 5. The van der Waals surface area contributed by atoms with E-state index < -0.39 is 23.2 Å². The molecule has 9 heteroatoms. The smallest absolute Gasteiger partial charge is 0.263 e. The molecule has 4 rings (SSSR count). The third-order valence-corrected chi connectivity index (χ3v) is 7.61. The average molecular weight is 478 g/mol. The second-order valence-corrected chi connectivity index (χ2v) is 10.7. The number of anilines is 1. The van der Waals surface area contributed by atoms with Crippen molar-refractivity contribution in [3.05, 3.63) is 50.6 Å². The molecule has 1 aliphatic rings. The maximum atomic E-state index is 13.8. The predicted molar refractivity (Wildman–Crippen MR) is 126 cm³/mol. The normalized spacial score (nSPS) is 15.9. The number of amides is 1. The lowest BCUT2D eigenvalue weighted by atomic mass is 9.89. The third kappa shape index (κ3) is 4.59. The molecule has 1 atom stereocenters. The van der Waals surface area contributed by atoms with Crippen LogP contribution >= 0.6 is 23.1 Å². The van der Waals surface area contributed by atoms with E-state index in [0.717, 1.165) is 48.7 Å². The van der Waals surface area contributed by atoms with Crippen molar-refractivity contribution in [2.24, 2.45) is 11.8 Å². The van der Waals surface area contributed by atoms with Crippen LogP contribution < -0.4 is 10.9 Å². The summed E-state index contributed by atoms with van der Waals surface area (Å²) in [5.41, 5.74) is 0.586. The number of aryl methyl sites for hydroxylation is 1. The number of aromatic nitrogens is 2. The third-order valence-electron chi connectivity index (χ3n) is 5.49. The first-order chi connectivity index (χ1) is 15.2. The van der Waals surface area contributed by atoms with Gasteiger partial charge in [0.15, 0.2) is 5.16 Å². The number of rotatable bonds is 6. The monoisotopic (exact) mass is 477 g/mol. The molecule has 170 valence electrons. The molecule has 1 aromatic carbocycles. The highest BCUT2D eigenvalue weighted by atomic mass is 32.2. The van der Waals surface area contributed by atoms with Gasteiger partial charge < -0.3 is 5.32 Å². The maximum absolute atomic E-state index is 13.8. The van der Waals surface area contributed by atoms with Gasteiger partial charge in [-0.05, 0) is 48.8 Å². The molecule has 1 N–H and O–H groups in total. The molecule has 32 heavy (non-hydrogen) atoms. The highest BCUT2D eigenvalue weighted by Gasteiger charge is 2.25. The van der Waals surface area contributed by atoms with Crippen molar-refractivity contribution in [1.82, 2.24) is 9.55 Å². The SMILES string of the molecule is CC(C)Cn1c(SCC(=O)Nc2c(F)cccc2F)nc2sc3c(c2c1=O)CCC(C)C3. The van der Waals surface area contributed by atoms with Gasteiger partial charge in [-0.2, -0.15) is 0 Å². The predicted octanol–water partition coefficient (Wildman–Crippen LogP) is 5.25. The van der Waals surface area contributed by atoms with E-state index in [4.69, 9.17) is 4.98 Å². The molecule has 0 bridgehead atoms. The Labute approximate surface area is 193 Å². The van der Waals surface area contributed by atoms with Gasteiger partial charge in [0.05, 0.1) is 11.1 Å². The lowest BCUT2D eigenvalue weighted by Crippen LogP contribution is -2.26. The van der Waals surface area contributed by atoms with E-state index in [0.29, 0.717) is 27.8 Å². The molecule has 0 fully saturated rings. The summed E-state index contributed by atoms with van der Waals surface area (Å²) < 4.78 is 29.3. The molecule has 1 amide bonds. The molecule has 2 heterocycles. The van der Waals surface area contributed by atoms with Crippen LogP contribution in [0.15, 0.2) is 28.2 Å². The summed E-state index contributed by atoms with van der Waals surface area (Å²) >= 11 is 2.67. The van der Waals surface area contributed by atoms with Crippen LogP contribution in [0.5, 0.6) is 0 Å². The van der Waals surface area contributed by atoms with Crippen molar-refractivity contribution in [2.75, 3.05) is 11.1 Å². The quantitative estimate of drug-likeness (QED) is 0.389. The minimum absolute atomic E-state index is 0.0705. The molecule has 0 radical (unpaired) electrons. The number of halogens is 2. The summed E-state index contributed by atoms with van der Waals surface area (Å²) in [6.45, 7) is 6.73. The fraction of sp³-hybridized carbons (Fsp3) is 0.435. The Kier molecular flexibility index (Phi) is 6.67. The van der Waals surface area contributed by atoms with Crippen molar-refractivity contribution >= 4 is 44.9 Å². The van der Waals surface area contributed by atoms with E-state index in [-0.39, 0.29) is 17.2 Å². The van der Waals surface area contributed by atoms with Crippen LogP contribution in [0.2, 0.25) is 0 Å². The minimum atomic E-state index is -0.835. The summed E-state index contributed by atoms with van der Waals surface area (Å²) in [7, 11) is 0. The fourth-order valence-electron chi connectivity index (χ4n) is 3.96. The van der Waals surface area contributed by atoms with E-state index in [1.807, 2.05) is 13.8 Å². The van der Waals surface area contributed by atoms with Gasteiger partial charge in [0, 0.05) is 11.4 Å². The Morgan fingerprint density at radius 3 is 2.75 bits per heavy atom. The number of carbonyl (C=O) groups is 1. The largest absolute Gasteiger partial charge is 0.320 e. The fourth-order valence-corrected chi connectivity index (χ4v) is 6.20. The molecule has 5 nitrogen and oxygen atoms in total. The van der Waals surface area contributed by atoms with Crippen molar-refractivity contribution in [2.45, 2.75) is 51.7 Å². The summed E-state index contributed by atoms with van der Waals surface area (Å²) in [4.78, 5) is 32.5. The van der Waals surface area contributed by atoms with Crippen molar-refractivity contribution in [3.63, 3.8) is 0 Å². The first-order valence-electron chi connectivity index (χ1n) is 10.7. The molecule has 0 spiro atoms. The zero-order chi connectivity index (χ0) is 23.0. The Hall–Kier alpha value is -2.26. The maximum Gasteiger partial charge on any atom is 0.263 e. The molecule has 3 aromatic rings. The van der Waals surface area contributed by atoms with Gasteiger partial charge in [-0.15, -0.1) is 11.3 Å². The summed E-state index contributed by atoms with van der Waals surface area (Å²) in [5.74, 6) is -1.56. The molecular formula is C23H25F2N3O2S2. The highest BCUT2D eigenvalue weighted by Crippen LogP contribution is 2.36. The first-order valence-corrected chi connectivity index (χ1v) is 12.5. The Morgan fingerprint density at radius 1 is 1.34 bits per heavy atom. The van der Waals surface area contributed by atoms with Crippen LogP contribution in [0.25, 0.3) is 10.2 Å². The lowest BCUT2D eigenvalue weighted by Gasteiger charge is -2.18. The van der Waals surface area contributed by atoms with Gasteiger partial charge in [-0.25, -0.2) is 13.8 Å². The average Bonchev–Trinajstić information content (AvgIpc) is 3.08. The Bertz CT molecular complexity index is 1220. The second kappa shape index (κ2) is 9.31. The van der Waals surface area contributed by atoms with Gasteiger partial charge >= 0.3 is 0 Å². The van der Waals surface area contributed by atoms with Crippen LogP contribution in [0.1, 0.15) is 37.6 Å². The number of fused-ring (bicyclic) bond motifs is 3. The molecule has 1 aliphatic carbocycles. The number of carbonyl (C=O) groups excluding carboxylic acids is 1. The summed E-state index contributed by atoms with van der Waals surface area (Å²) in [6.07, 6.45) is 2.91. The van der Waals surface area contributed by atoms with Crippen molar-refractivity contribution < 1.29 is 13.6 Å². The number of thioether (sulfide) groups is 1. The van der Waals surface area contributed by atoms with Gasteiger partial charge in [0.1, 0.15) is 22.2 Å². The summed E-state index contributed by atoms with van der Waals surface area (Å²) in [5, 5.41) is 3.44. The number of benzene rings is 1. The molecule has 0 aliphatic heterocycles. The van der Waals surface area contributed by atoms with Crippen LogP contribution in [-0.2, 0) is 24.2 Å². The van der Waals surface area contributed by atoms with Crippen molar-refractivity contribution in [3.8, 4) is 0 Å². The number of nitrogens with one attached hydrogen (secondary N) is 1. The van der Waals surface area contributed by atoms with E-state index in [2.05, 4.69) is 12.2 Å². The zero-order valence-electron chi connectivity index (χ0n) is 18.2. The van der Waals surface area contributed by atoms with Crippen LogP contribution in [0.3, 0.4) is 0 Å². The number of thiophene rings is 1. The standard InChI is InChI=1S/C23H25F2N3O2S2/c1-12(2)10-28-22(30)19-14-8-7-13(3)9-17(14)32-21(19)27-23(28)31-11-18(29)26-20-15(24)5-4-6-16(20)25/h4-6,12-13H,7-11H2,1-3H3,(H,26,29). The lowest BCUT2D eigenvalue weighted by molar-refractivity contribution is -0.113. The molecular weight excluding hydrogens is 452 g/mol. The summed E-state index contributed by atoms with van der Waals surface area (Å²) in [6, 6.07) is 3.41. The second-order valence-electron chi connectivity index (χ2n) is 8.67. The Balaban J connectivity index is 1.64. The molecule has 2 aromatic heterocycles.